The zero-order valence-electron chi connectivity index (χ0n) is 12.1. The zero-order valence-corrected chi connectivity index (χ0v) is 15.3. The van der Waals surface area contributed by atoms with Crippen LogP contribution in [0.4, 0.5) is 4.39 Å². The lowest BCUT2D eigenvalue weighted by Crippen LogP contribution is -2.38. The van der Waals surface area contributed by atoms with E-state index < -0.39 is 0 Å². The summed E-state index contributed by atoms with van der Waals surface area (Å²) < 4.78 is 12.8. The summed E-state index contributed by atoms with van der Waals surface area (Å²) in [7, 11) is 0. The Balaban J connectivity index is 0.00000220. The highest BCUT2D eigenvalue weighted by Crippen LogP contribution is 2.17. The molecule has 1 aliphatic heterocycles. The first-order valence-corrected chi connectivity index (χ1v) is 8.17. The van der Waals surface area contributed by atoms with Gasteiger partial charge in [-0.3, -0.25) is 4.99 Å². The number of aliphatic imine (C=N–C) groups is 1. The van der Waals surface area contributed by atoms with Gasteiger partial charge < -0.3 is 10.6 Å². The van der Waals surface area contributed by atoms with Crippen molar-refractivity contribution in [2.45, 2.75) is 30.6 Å². The van der Waals surface area contributed by atoms with E-state index in [0.717, 1.165) is 23.7 Å². The molecular formula is C15H23FIN3S. The molecule has 6 heteroatoms. The Bertz CT molecular complexity index is 431. The van der Waals surface area contributed by atoms with Crippen LogP contribution >= 0.6 is 35.7 Å². The molecular weight excluding hydrogens is 400 g/mol. The quantitative estimate of drug-likeness (QED) is 0.264. The molecule has 1 aliphatic rings. The smallest absolute Gasteiger partial charge is 0.191 e. The molecule has 0 aliphatic carbocycles. The van der Waals surface area contributed by atoms with Gasteiger partial charge in [0.1, 0.15) is 5.82 Å². The van der Waals surface area contributed by atoms with E-state index in [0.29, 0.717) is 12.5 Å². The van der Waals surface area contributed by atoms with Crippen LogP contribution in [0.2, 0.25) is 0 Å². The third kappa shape index (κ3) is 6.86. The maximum Gasteiger partial charge on any atom is 0.191 e. The van der Waals surface area contributed by atoms with Crippen molar-refractivity contribution in [3.8, 4) is 0 Å². The van der Waals surface area contributed by atoms with Crippen molar-refractivity contribution in [2.75, 3.05) is 25.4 Å². The van der Waals surface area contributed by atoms with E-state index in [9.17, 15) is 4.39 Å². The zero-order chi connectivity index (χ0) is 14.2. The van der Waals surface area contributed by atoms with Gasteiger partial charge in [-0.05, 0) is 37.1 Å². The second-order valence-corrected chi connectivity index (χ2v) is 6.11. The summed E-state index contributed by atoms with van der Waals surface area (Å²) in [4.78, 5) is 7.70. The number of benzene rings is 1. The van der Waals surface area contributed by atoms with Gasteiger partial charge in [0.05, 0.1) is 6.54 Å². The molecule has 1 aromatic carbocycles. The van der Waals surface area contributed by atoms with Crippen molar-refractivity contribution < 1.29 is 4.39 Å². The van der Waals surface area contributed by atoms with E-state index in [1.54, 1.807) is 23.9 Å². The van der Waals surface area contributed by atoms with Crippen LogP contribution in [0.5, 0.6) is 0 Å². The summed E-state index contributed by atoms with van der Waals surface area (Å²) in [6, 6.07) is 6.55. The van der Waals surface area contributed by atoms with E-state index in [-0.39, 0.29) is 29.8 Å². The molecule has 1 fully saturated rings. The number of hydrogen-bond acceptors (Lipinski definition) is 2. The van der Waals surface area contributed by atoms with Crippen LogP contribution in [0.15, 0.2) is 34.2 Å². The van der Waals surface area contributed by atoms with E-state index in [1.165, 1.54) is 37.8 Å². The van der Waals surface area contributed by atoms with Crippen LogP contribution in [0.25, 0.3) is 0 Å². The topological polar surface area (TPSA) is 41.6 Å². The van der Waals surface area contributed by atoms with Crippen molar-refractivity contribution in [3.05, 3.63) is 30.1 Å². The van der Waals surface area contributed by atoms with Crippen LogP contribution in [0, 0.1) is 5.82 Å². The molecule has 2 rings (SSSR count). The fourth-order valence-corrected chi connectivity index (χ4v) is 3.00. The number of halogens is 2. The molecule has 0 bridgehead atoms. The molecule has 0 aromatic heterocycles. The molecule has 1 aromatic rings. The predicted octanol–water partition coefficient (Wildman–Crippen LogP) is 3.73. The Kier molecular flexibility index (Phi) is 9.07. The van der Waals surface area contributed by atoms with Crippen LogP contribution in [-0.4, -0.2) is 36.2 Å². The first kappa shape index (κ1) is 18.5. The lowest BCUT2D eigenvalue weighted by molar-refractivity contribution is 0.429. The molecule has 0 spiro atoms. The molecule has 3 nitrogen and oxygen atoms in total. The van der Waals surface area contributed by atoms with Crippen molar-refractivity contribution in [1.82, 2.24) is 4.90 Å². The number of thioether (sulfide) groups is 1. The lowest BCUT2D eigenvalue weighted by Gasteiger charge is -2.21. The molecule has 1 heterocycles. The maximum absolute atomic E-state index is 12.8. The lowest BCUT2D eigenvalue weighted by atomic mass is 10.2. The highest BCUT2D eigenvalue weighted by atomic mass is 127. The molecule has 0 amide bonds. The van der Waals surface area contributed by atoms with E-state index in [2.05, 4.69) is 9.89 Å². The summed E-state index contributed by atoms with van der Waals surface area (Å²) in [5.74, 6) is 1.34. The number of likely N-dealkylation sites (tertiary alicyclic amines) is 1. The van der Waals surface area contributed by atoms with Crippen molar-refractivity contribution in [1.29, 1.82) is 0 Å². The minimum absolute atomic E-state index is 0. The Hall–Kier alpha value is -0.500. The third-order valence-electron chi connectivity index (χ3n) is 3.38. The highest BCUT2D eigenvalue weighted by molar-refractivity contribution is 14.0. The van der Waals surface area contributed by atoms with Gasteiger partial charge in [-0.2, -0.15) is 0 Å². The molecule has 21 heavy (non-hydrogen) atoms. The SMILES string of the molecule is I.NC(=NCCSc1ccc(F)cc1)N1CCCCCC1. The van der Waals surface area contributed by atoms with Crippen LogP contribution < -0.4 is 5.73 Å². The monoisotopic (exact) mass is 423 g/mol. The number of nitrogens with two attached hydrogens (primary N) is 1. The first-order valence-electron chi connectivity index (χ1n) is 7.19. The molecule has 0 radical (unpaired) electrons. The molecule has 2 N–H and O–H groups in total. The summed E-state index contributed by atoms with van der Waals surface area (Å²) in [6.07, 6.45) is 5.01. The minimum atomic E-state index is -0.197. The van der Waals surface area contributed by atoms with Gasteiger partial charge >= 0.3 is 0 Å². The highest BCUT2D eigenvalue weighted by Gasteiger charge is 2.10. The van der Waals surface area contributed by atoms with Gasteiger partial charge in [-0.15, -0.1) is 35.7 Å². The van der Waals surface area contributed by atoms with Gasteiger partial charge in [-0.25, -0.2) is 4.39 Å². The normalized spacial score (nSPS) is 16.2. The number of guanidine groups is 1. The molecule has 0 atom stereocenters. The Morgan fingerprint density at radius 2 is 1.76 bits per heavy atom. The summed E-state index contributed by atoms with van der Waals surface area (Å²) in [6.45, 7) is 2.76. The third-order valence-corrected chi connectivity index (χ3v) is 4.37. The number of nitrogens with zero attached hydrogens (tertiary/aromatic N) is 2. The standard InChI is InChI=1S/C15H22FN3S.HI/c16-13-5-7-14(8-6-13)20-12-9-18-15(17)19-10-3-1-2-4-11-19;/h5-8H,1-4,9-12H2,(H2,17,18);1H. The summed E-state index contributed by atoms with van der Waals surface area (Å²) >= 11 is 1.67. The average Bonchev–Trinajstić information content (AvgIpc) is 2.74. The molecule has 118 valence electrons. The fourth-order valence-electron chi connectivity index (χ4n) is 2.25. The largest absolute Gasteiger partial charge is 0.370 e. The van der Waals surface area contributed by atoms with Crippen molar-refractivity contribution in [2.24, 2.45) is 10.7 Å². The number of rotatable bonds is 4. The van der Waals surface area contributed by atoms with E-state index in [1.807, 2.05) is 0 Å². The number of hydrogen-bond donors (Lipinski definition) is 1. The molecule has 0 saturated carbocycles. The molecule has 0 unspecified atom stereocenters. The Labute approximate surface area is 147 Å². The predicted molar refractivity (Wildman–Crippen MR) is 99.1 cm³/mol. The van der Waals surface area contributed by atoms with Gasteiger partial charge in [0.2, 0.25) is 0 Å². The van der Waals surface area contributed by atoms with Gasteiger partial charge in [0.25, 0.3) is 0 Å². The second kappa shape index (κ2) is 10.3. The Morgan fingerprint density at radius 3 is 2.38 bits per heavy atom. The van der Waals surface area contributed by atoms with Gasteiger partial charge in [-0.1, -0.05) is 12.8 Å². The maximum atomic E-state index is 12.8. The van der Waals surface area contributed by atoms with E-state index >= 15 is 0 Å². The van der Waals surface area contributed by atoms with Crippen LogP contribution in [0.3, 0.4) is 0 Å². The van der Waals surface area contributed by atoms with Crippen LogP contribution in [-0.2, 0) is 0 Å². The van der Waals surface area contributed by atoms with Crippen molar-refractivity contribution in [3.63, 3.8) is 0 Å². The molecule has 1 saturated heterocycles. The van der Waals surface area contributed by atoms with Crippen LogP contribution in [0.1, 0.15) is 25.7 Å². The summed E-state index contributed by atoms with van der Waals surface area (Å²) in [5, 5.41) is 0. The average molecular weight is 423 g/mol. The Morgan fingerprint density at radius 1 is 1.14 bits per heavy atom. The minimum Gasteiger partial charge on any atom is -0.370 e. The van der Waals surface area contributed by atoms with Crippen molar-refractivity contribution >= 4 is 41.7 Å². The fraction of sp³-hybridized carbons (Fsp3) is 0.533. The van der Waals surface area contributed by atoms with Gasteiger partial charge in [0, 0.05) is 23.7 Å². The van der Waals surface area contributed by atoms with Gasteiger partial charge in [0.15, 0.2) is 5.96 Å². The summed E-state index contributed by atoms with van der Waals surface area (Å²) in [5.41, 5.74) is 6.03. The first-order chi connectivity index (χ1) is 9.75. The van der Waals surface area contributed by atoms with E-state index in [4.69, 9.17) is 5.73 Å². The second-order valence-electron chi connectivity index (χ2n) is 4.94.